The molecule has 4 aromatic carbocycles. The van der Waals surface area contributed by atoms with Gasteiger partial charge < -0.3 is 37.2 Å². The third kappa shape index (κ3) is 8.58. The summed E-state index contributed by atoms with van der Waals surface area (Å²) in [4.78, 5) is 0. The Morgan fingerprint density at radius 1 is 0.523 bits per heavy atom. The minimum atomic E-state index is -2.66. The first kappa shape index (κ1) is 42.8. The Bertz CT molecular complexity index is 1240. The van der Waals surface area contributed by atoms with E-state index in [9.17, 15) is 0 Å². The van der Waals surface area contributed by atoms with Crippen molar-refractivity contribution in [3.63, 3.8) is 0 Å². The van der Waals surface area contributed by atoms with Gasteiger partial charge in [-0.2, -0.15) is 11.6 Å². The average Bonchev–Trinajstić information content (AvgIpc) is 3.50. The zero-order valence-electron chi connectivity index (χ0n) is 28.1. The van der Waals surface area contributed by atoms with Gasteiger partial charge in [-0.25, -0.2) is 12.1 Å². The van der Waals surface area contributed by atoms with E-state index in [0.717, 1.165) is 44.9 Å². The molecule has 0 heterocycles. The van der Waals surface area contributed by atoms with Crippen LogP contribution in [0.15, 0.2) is 72.8 Å². The Morgan fingerprint density at radius 2 is 0.818 bits per heavy atom. The third-order valence-electron chi connectivity index (χ3n) is 9.30. The third-order valence-corrected chi connectivity index (χ3v) is 14.0. The molecule has 0 nitrogen and oxygen atoms in total. The molecule has 4 aromatic rings. The molecule has 0 saturated carbocycles. The van der Waals surface area contributed by atoms with Crippen molar-refractivity contribution >= 4 is 28.8 Å². The van der Waals surface area contributed by atoms with E-state index < -0.39 is 8.07 Å². The monoisotopic (exact) mass is 700 g/mol. The van der Waals surface area contributed by atoms with E-state index in [1.54, 1.807) is 26.3 Å². The second-order valence-corrected chi connectivity index (χ2v) is 15.5. The number of hydrogen-bond donors (Lipinski definition) is 0. The largest absolute Gasteiger partial charge is 4.00 e. The maximum atomic E-state index is 2.59. The summed E-state index contributed by atoms with van der Waals surface area (Å²) in [5.41, 5.74) is 10.3. The summed E-state index contributed by atoms with van der Waals surface area (Å²) < 4.78 is 0. The fourth-order valence-corrected chi connectivity index (χ4v) is 12.0. The van der Waals surface area contributed by atoms with Crippen molar-refractivity contribution in [3.8, 4) is 0 Å². The summed E-state index contributed by atoms with van der Waals surface area (Å²) in [7, 11) is -2.66. The van der Waals surface area contributed by atoms with Gasteiger partial charge in [0.1, 0.15) is 8.07 Å². The average molecular weight is 702 g/mol. The molecule has 236 valence electrons. The van der Waals surface area contributed by atoms with E-state index in [1.807, 2.05) is 0 Å². The van der Waals surface area contributed by atoms with Crippen LogP contribution in [0.5, 0.6) is 0 Å². The predicted octanol–water partition coefficient (Wildman–Crippen LogP) is -1.32. The molecule has 0 amide bonds. The molecule has 0 saturated heterocycles. The van der Waals surface area contributed by atoms with Crippen molar-refractivity contribution < 1.29 is 58.9 Å². The summed E-state index contributed by atoms with van der Waals surface area (Å²) in [6.07, 6.45) is 7.54. The number of halogens is 3. The van der Waals surface area contributed by atoms with Crippen LogP contribution < -0.4 is 58.0 Å². The van der Waals surface area contributed by atoms with Gasteiger partial charge in [0.15, 0.2) is 0 Å². The Hall–Kier alpha value is -1.19. The second-order valence-electron chi connectivity index (χ2n) is 11.7. The van der Waals surface area contributed by atoms with Crippen molar-refractivity contribution in [2.75, 3.05) is 0 Å². The molecule has 4 rings (SSSR count). The van der Waals surface area contributed by atoms with Crippen LogP contribution in [0.2, 0.25) is 0 Å². The minimum Gasteiger partial charge on any atom is -1.00 e. The molecule has 44 heavy (non-hydrogen) atoms. The summed E-state index contributed by atoms with van der Waals surface area (Å²) in [6, 6.07) is 30.2. The van der Waals surface area contributed by atoms with E-state index in [-0.39, 0.29) is 58.9 Å². The molecule has 0 N–H and O–H groups in total. The van der Waals surface area contributed by atoms with E-state index >= 15 is 0 Å². The first-order valence-corrected chi connectivity index (χ1v) is 18.0. The van der Waals surface area contributed by atoms with Gasteiger partial charge in [0, 0.05) is 0 Å². The SMILES string of the molecule is CCc1cc(CC)cc([Si](c2cc(CC)cc(CC)c2)(c2cc(CC)cc(CC)c2)[c-]2cccc2C(C)CC)c1.[Cl-].[Cl-].[Cl-].[Ti+4]. The number of rotatable bonds is 12. The predicted molar refractivity (Wildman–Crippen MR) is 181 cm³/mol. The van der Waals surface area contributed by atoms with E-state index in [4.69, 9.17) is 0 Å². The first-order chi connectivity index (χ1) is 19.4. The van der Waals surface area contributed by atoms with Crippen molar-refractivity contribution in [3.05, 3.63) is 112 Å². The molecule has 0 fully saturated rings. The van der Waals surface area contributed by atoms with Gasteiger partial charge in [0.2, 0.25) is 0 Å². The molecule has 0 aromatic heterocycles. The molecule has 0 aliphatic carbocycles. The van der Waals surface area contributed by atoms with E-state index in [1.165, 1.54) is 33.4 Å². The zero-order chi connectivity index (χ0) is 28.9. The number of hydrogen-bond acceptors (Lipinski definition) is 0. The van der Waals surface area contributed by atoms with E-state index in [2.05, 4.69) is 128 Å². The van der Waals surface area contributed by atoms with Gasteiger partial charge in [0.25, 0.3) is 0 Å². The first-order valence-electron chi connectivity index (χ1n) is 16.0. The van der Waals surface area contributed by atoms with Gasteiger partial charge in [0.05, 0.1) is 0 Å². The molecular weight excluding hydrogens is 651 g/mol. The van der Waals surface area contributed by atoms with Crippen LogP contribution in [0.4, 0.5) is 0 Å². The maximum absolute atomic E-state index is 2.66. The van der Waals surface area contributed by atoms with Gasteiger partial charge in [-0.15, -0.1) is 5.19 Å². The van der Waals surface area contributed by atoms with Crippen molar-refractivity contribution in [2.24, 2.45) is 0 Å². The maximum Gasteiger partial charge on any atom is 4.00 e. The summed E-state index contributed by atoms with van der Waals surface area (Å²) in [5, 5.41) is 6.28. The second kappa shape index (κ2) is 19.5. The van der Waals surface area contributed by atoms with Crippen LogP contribution in [-0.2, 0) is 60.2 Å². The van der Waals surface area contributed by atoms with Gasteiger partial charge in [-0.3, -0.25) is 0 Å². The van der Waals surface area contributed by atoms with E-state index in [0.29, 0.717) is 5.92 Å². The topological polar surface area (TPSA) is 0 Å². The molecule has 0 radical (unpaired) electrons. The van der Waals surface area contributed by atoms with Crippen LogP contribution in [0.3, 0.4) is 0 Å². The zero-order valence-corrected chi connectivity index (χ0v) is 32.9. The van der Waals surface area contributed by atoms with Gasteiger partial charge >= 0.3 is 21.7 Å². The molecule has 0 aliphatic heterocycles. The quantitative estimate of drug-likeness (QED) is 0.0979. The van der Waals surface area contributed by atoms with Crippen LogP contribution in [0, 0.1) is 0 Å². The van der Waals surface area contributed by atoms with Crippen LogP contribution in [-0.4, -0.2) is 8.07 Å². The fraction of sp³-hybridized carbons (Fsp3) is 0.410. The van der Waals surface area contributed by atoms with Gasteiger partial charge in [-0.1, -0.05) is 132 Å². The molecule has 1 unspecified atom stereocenters. The normalized spacial score (nSPS) is 11.5. The number of aryl methyl sites for hydroxylation is 6. The molecular formula is C39H51Cl3SiTi. The van der Waals surface area contributed by atoms with Crippen LogP contribution in [0.1, 0.15) is 107 Å². The van der Waals surface area contributed by atoms with Crippen LogP contribution >= 0.6 is 0 Å². The molecule has 0 aliphatic rings. The summed E-state index contributed by atoms with van der Waals surface area (Å²) in [5.74, 6) is 0.525. The Labute approximate surface area is 303 Å². The minimum absolute atomic E-state index is 0. The Kier molecular flexibility index (Phi) is 18.9. The standard InChI is InChI=1S/C39H51Si.3ClH.Ti/c1-9-28(8)38-17-16-18-39(38)40(35-22-29(10-2)19-30(11-3)23-35,36-24-31(12-4)20-32(13-5)25-36)37-26-33(14-6)21-34(15-7)27-37;;;;/h16-28H,9-15H2,1-8H3;3*1H;/q-1;;;;+4/p-3. The van der Waals surface area contributed by atoms with Crippen molar-refractivity contribution in [2.45, 2.75) is 106 Å². The molecule has 5 heteroatoms. The smallest absolute Gasteiger partial charge is 1.00 e. The number of benzene rings is 3. The van der Waals surface area contributed by atoms with Crippen molar-refractivity contribution in [1.29, 1.82) is 0 Å². The summed E-state index contributed by atoms with van der Waals surface area (Å²) >= 11 is 0. The Balaban J connectivity index is 0.00000462. The molecule has 1 atom stereocenters. The Morgan fingerprint density at radius 3 is 1.07 bits per heavy atom. The fourth-order valence-electron chi connectivity index (χ4n) is 6.55. The summed E-state index contributed by atoms with van der Waals surface area (Å²) in [6.45, 7) is 18.7. The molecule has 0 bridgehead atoms. The van der Waals surface area contributed by atoms with Gasteiger partial charge in [-0.05, 0) is 77.8 Å². The van der Waals surface area contributed by atoms with Crippen LogP contribution in [0.25, 0.3) is 0 Å². The molecule has 0 spiro atoms. The van der Waals surface area contributed by atoms with Crippen molar-refractivity contribution in [1.82, 2.24) is 0 Å².